The van der Waals surface area contributed by atoms with E-state index in [-0.39, 0.29) is 31.1 Å². The number of carbonyl (C=O) groups is 4. The molecule has 0 saturated heterocycles. The van der Waals surface area contributed by atoms with Crippen LogP contribution in [-0.2, 0) is 30.3 Å². The molecule has 0 radical (unpaired) electrons. The topological polar surface area (TPSA) is 137 Å². The van der Waals surface area contributed by atoms with Crippen molar-refractivity contribution in [2.75, 3.05) is 13.2 Å². The van der Waals surface area contributed by atoms with E-state index in [2.05, 4.69) is 5.32 Å². The number of rotatable bonds is 12. The Morgan fingerprint density at radius 2 is 1.52 bits per heavy atom. The number of aliphatic carboxylic acids is 1. The minimum absolute atomic E-state index is 0.0309. The fraction of sp³-hybridized carbons (Fsp3) is 0.565. The summed E-state index contributed by atoms with van der Waals surface area (Å²) in [5, 5.41) is 12.4. The Morgan fingerprint density at radius 3 is 2.03 bits per heavy atom. The summed E-state index contributed by atoms with van der Waals surface area (Å²) in [5.41, 5.74) is 0.532. The number of benzene rings is 1. The summed E-state index contributed by atoms with van der Waals surface area (Å²) in [5.74, 6) is -2.84. The molecule has 0 aliphatic heterocycles. The van der Waals surface area contributed by atoms with Crippen LogP contribution in [0, 0.1) is 11.8 Å². The summed E-state index contributed by atoms with van der Waals surface area (Å²) in [7, 11) is 0. The van der Waals surface area contributed by atoms with Gasteiger partial charge in [0.05, 0.1) is 18.4 Å². The molecule has 184 valence electrons. The summed E-state index contributed by atoms with van der Waals surface area (Å²) in [4.78, 5) is 47.2. The molecule has 10 nitrogen and oxygen atoms in total. The van der Waals surface area contributed by atoms with Crippen molar-refractivity contribution in [2.24, 2.45) is 11.8 Å². The van der Waals surface area contributed by atoms with Gasteiger partial charge in [-0.3, -0.25) is 14.4 Å². The Hall–Kier alpha value is -3.14. The summed E-state index contributed by atoms with van der Waals surface area (Å²) < 4.78 is 20.4. The third-order valence-corrected chi connectivity index (χ3v) is 4.32. The molecule has 0 aliphatic carbocycles. The molecule has 0 aromatic heterocycles. The van der Waals surface area contributed by atoms with Gasteiger partial charge in [0.25, 0.3) is 0 Å². The van der Waals surface area contributed by atoms with Gasteiger partial charge in [-0.05, 0) is 38.0 Å². The van der Waals surface area contributed by atoms with Gasteiger partial charge in [0.15, 0.2) is 11.5 Å². The fourth-order valence-corrected chi connectivity index (χ4v) is 2.44. The summed E-state index contributed by atoms with van der Waals surface area (Å²) in [6, 6.07) is 3.51. The molecule has 1 aromatic rings. The smallest absolute Gasteiger partial charge is 0.480 e. The third-order valence-electron chi connectivity index (χ3n) is 4.32. The quantitative estimate of drug-likeness (QED) is 0.348. The van der Waals surface area contributed by atoms with E-state index in [1.807, 2.05) is 0 Å². The molecule has 10 heteroatoms. The van der Waals surface area contributed by atoms with Crippen LogP contribution in [0.4, 0.5) is 4.79 Å². The van der Waals surface area contributed by atoms with Crippen LogP contribution in [0.25, 0.3) is 0 Å². The second-order valence-corrected chi connectivity index (χ2v) is 8.05. The first-order valence-electron chi connectivity index (χ1n) is 10.8. The SMILES string of the molecule is CCOC(=O)OC(C)CN[C@@H](Cc1ccc(OC(=O)C(C)C)c(OC(=O)C(C)C)c1)C(=O)O. The lowest BCUT2D eigenvalue weighted by Gasteiger charge is -2.19. The van der Waals surface area contributed by atoms with Gasteiger partial charge in [-0.15, -0.1) is 0 Å². The lowest BCUT2D eigenvalue weighted by atomic mass is 10.0. The molecular formula is C23H33NO9. The Morgan fingerprint density at radius 1 is 0.939 bits per heavy atom. The fourth-order valence-electron chi connectivity index (χ4n) is 2.44. The van der Waals surface area contributed by atoms with Crippen molar-refractivity contribution >= 4 is 24.1 Å². The molecular weight excluding hydrogens is 434 g/mol. The van der Waals surface area contributed by atoms with E-state index < -0.39 is 48.0 Å². The molecule has 0 spiro atoms. The van der Waals surface area contributed by atoms with Gasteiger partial charge < -0.3 is 29.4 Å². The Bertz CT molecular complexity index is 835. The predicted octanol–water partition coefficient (Wildman–Crippen LogP) is 2.96. The highest BCUT2D eigenvalue weighted by Gasteiger charge is 2.22. The first-order chi connectivity index (χ1) is 15.4. The van der Waals surface area contributed by atoms with Crippen LogP contribution < -0.4 is 14.8 Å². The first kappa shape index (κ1) is 27.9. The van der Waals surface area contributed by atoms with Gasteiger partial charge in [0.1, 0.15) is 12.1 Å². The maximum Gasteiger partial charge on any atom is 0.508 e. The Kier molecular flexibility index (Phi) is 11.3. The minimum Gasteiger partial charge on any atom is -0.480 e. The van der Waals surface area contributed by atoms with Gasteiger partial charge in [0.2, 0.25) is 0 Å². The van der Waals surface area contributed by atoms with E-state index in [1.165, 1.54) is 12.1 Å². The number of carboxylic acids is 1. The minimum atomic E-state index is -1.12. The molecule has 0 heterocycles. The van der Waals surface area contributed by atoms with Gasteiger partial charge in [-0.2, -0.15) is 0 Å². The number of carbonyl (C=O) groups excluding carboxylic acids is 3. The standard InChI is InChI=1S/C23H33NO9/c1-7-30-23(29)31-15(6)12-24-17(20(25)26)10-16-8-9-18(32-21(27)13(2)3)19(11-16)33-22(28)14(4)5/h8-9,11,13-15,17,24H,7,10,12H2,1-6H3,(H,25,26)/t15?,17-/m0/s1. The Labute approximate surface area is 193 Å². The molecule has 1 rings (SSSR count). The predicted molar refractivity (Wildman–Crippen MR) is 118 cm³/mol. The second kappa shape index (κ2) is 13.4. The number of esters is 2. The lowest BCUT2D eigenvalue weighted by Crippen LogP contribution is -2.42. The molecule has 0 bridgehead atoms. The van der Waals surface area contributed by atoms with Gasteiger partial charge in [-0.25, -0.2) is 4.79 Å². The van der Waals surface area contributed by atoms with Crippen LogP contribution >= 0.6 is 0 Å². The summed E-state index contributed by atoms with van der Waals surface area (Å²) in [6.45, 7) is 10.2. The number of nitrogens with one attached hydrogen (secondary N) is 1. The maximum atomic E-state index is 12.1. The molecule has 0 aliphatic rings. The normalized spacial score (nSPS) is 12.7. The lowest BCUT2D eigenvalue weighted by molar-refractivity contribution is -0.140. The van der Waals surface area contributed by atoms with E-state index >= 15 is 0 Å². The van der Waals surface area contributed by atoms with Crippen molar-refractivity contribution in [2.45, 2.75) is 60.1 Å². The summed E-state index contributed by atoms with van der Waals surface area (Å²) >= 11 is 0. The Balaban J connectivity index is 2.99. The zero-order valence-corrected chi connectivity index (χ0v) is 19.9. The highest BCUT2D eigenvalue weighted by atomic mass is 16.7. The van der Waals surface area contributed by atoms with Crippen molar-refractivity contribution in [1.29, 1.82) is 0 Å². The molecule has 0 fully saturated rings. The van der Waals surface area contributed by atoms with Crippen LogP contribution in [0.5, 0.6) is 11.5 Å². The summed E-state index contributed by atoms with van der Waals surface area (Å²) in [6.07, 6.45) is -1.42. The first-order valence-corrected chi connectivity index (χ1v) is 10.8. The monoisotopic (exact) mass is 467 g/mol. The molecule has 0 amide bonds. The molecule has 1 aromatic carbocycles. The highest BCUT2D eigenvalue weighted by molar-refractivity contribution is 5.78. The van der Waals surface area contributed by atoms with E-state index in [0.717, 1.165) is 0 Å². The number of carboxylic acid groups (broad SMARTS) is 1. The van der Waals surface area contributed by atoms with Gasteiger partial charge >= 0.3 is 24.1 Å². The van der Waals surface area contributed by atoms with Crippen LogP contribution in [0.1, 0.15) is 47.1 Å². The van der Waals surface area contributed by atoms with Crippen LogP contribution in [-0.4, -0.2) is 54.5 Å². The van der Waals surface area contributed by atoms with E-state index in [0.29, 0.717) is 5.56 Å². The van der Waals surface area contributed by atoms with Crippen molar-refractivity contribution in [3.05, 3.63) is 23.8 Å². The van der Waals surface area contributed by atoms with E-state index in [1.54, 1.807) is 47.6 Å². The number of hydrogen-bond donors (Lipinski definition) is 2. The van der Waals surface area contributed by atoms with Crippen LogP contribution in [0.3, 0.4) is 0 Å². The van der Waals surface area contributed by atoms with Crippen molar-refractivity contribution in [1.82, 2.24) is 5.32 Å². The molecule has 1 unspecified atom stereocenters. The molecule has 33 heavy (non-hydrogen) atoms. The zero-order valence-electron chi connectivity index (χ0n) is 19.9. The van der Waals surface area contributed by atoms with Crippen LogP contribution in [0.15, 0.2) is 18.2 Å². The largest absolute Gasteiger partial charge is 0.508 e. The van der Waals surface area contributed by atoms with Gasteiger partial charge in [0, 0.05) is 6.54 Å². The average molecular weight is 468 g/mol. The van der Waals surface area contributed by atoms with Crippen molar-refractivity contribution in [3.63, 3.8) is 0 Å². The zero-order chi connectivity index (χ0) is 25.1. The highest BCUT2D eigenvalue weighted by Crippen LogP contribution is 2.30. The van der Waals surface area contributed by atoms with Crippen LogP contribution in [0.2, 0.25) is 0 Å². The number of hydrogen-bond acceptors (Lipinski definition) is 9. The maximum absolute atomic E-state index is 12.1. The van der Waals surface area contributed by atoms with Crippen molar-refractivity contribution in [3.8, 4) is 11.5 Å². The third kappa shape index (κ3) is 9.90. The number of ether oxygens (including phenoxy) is 4. The van der Waals surface area contributed by atoms with E-state index in [4.69, 9.17) is 18.9 Å². The van der Waals surface area contributed by atoms with Crippen molar-refractivity contribution < 1.29 is 43.2 Å². The average Bonchev–Trinajstić information content (AvgIpc) is 2.72. The molecule has 0 saturated carbocycles. The molecule has 2 atom stereocenters. The molecule has 2 N–H and O–H groups in total. The van der Waals surface area contributed by atoms with E-state index in [9.17, 15) is 24.3 Å². The second-order valence-electron chi connectivity index (χ2n) is 8.05. The van der Waals surface area contributed by atoms with Gasteiger partial charge in [-0.1, -0.05) is 33.8 Å².